The van der Waals surface area contributed by atoms with Gasteiger partial charge in [0.05, 0.1) is 29.2 Å². The number of aromatic nitrogens is 2. The molecule has 144 valence electrons. The van der Waals surface area contributed by atoms with E-state index in [0.717, 1.165) is 5.82 Å². The van der Waals surface area contributed by atoms with Crippen LogP contribution in [0.1, 0.15) is 36.5 Å². The van der Waals surface area contributed by atoms with Gasteiger partial charge in [-0.1, -0.05) is 0 Å². The maximum Gasteiger partial charge on any atom is 0.255 e. The van der Waals surface area contributed by atoms with E-state index in [1.807, 2.05) is 6.92 Å². The molecule has 2 aliphatic heterocycles. The lowest BCUT2D eigenvalue weighted by atomic mass is 9.73. The van der Waals surface area contributed by atoms with Gasteiger partial charge in [0, 0.05) is 32.1 Å². The van der Waals surface area contributed by atoms with Crippen molar-refractivity contribution in [1.29, 1.82) is 0 Å². The van der Waals surface area contributed by atoms with E-state index in [1.165, 1.54) is 12.5 Å². The summed E-state index contributed by atoms with van der Waals surface area (Å²) in [5.41, 5.74) is -0.988. The van der Waals surface area contributed by atoms with Crippen molar-refractivity contribution in [2.24, 2.45) is 0 Å². The first kappa shape index (κ1) is 17.9. The predicted octanol–water partition coefficient (Wildman–Crippen LogP) is 1.38. The predicted molar refractivity (Wildman–Crippen MR) is 97.4 cm³/mol. The Kier molecular flexibility index (Phi) is 4.61. The summed E-state index contributed by atoms with van der Waals surface area (Å²) >= 11 is 0. The van der Waals surface area contributed by atoms with E-state index >= 15 is 0 Å². The van der Waals surface area contributed by atoms with Crippen LogP contribution in [-0.4, -0.2) is 57.9 Å². The Hall–Kier alpha value is -2.45. The second-order valence-corrected chi connectivity index (χ2v) is 7.50. The lowest BCUT2D eigenvalue weighted by Crippen LogP contribution is -2.69. The summed E-state index contributed by atoms with van der Waals surface area (Å²) in [4.78, 5) is 23.1. The highest BCUT2D eigenvalue weighted by Crippen LogP contribution is 2.40. The minimum absolute atomic E-state index is 0.251. The number of aliphatic hydroxyl groups excluding tert-OH is 1. The molecular formula is C19H24N4O4. The van der Waals surface area contributed by atoms with Gasteiger partial charge in [-0.15, -0.1) is 0 Å². The van der Waals surface area contributed by atoms with Crippen molar-refractivity contribution in [3.8, 4) is 0 Å². The van der Waals surface area contributed by atoms with E-state index in [-0.39, 0.29) is 5.91 Å². The molecule has 2 atom stereocenters. The molecule has 27 heavy (non-hydrogen) atoms. The molecule has 2 fully saturated rings. The van der Waals surface area contributed by atoms with Crippen molar-refractivity contribution in [3.05, 3.63) is 42.7 Å². The molecule has 4 heterocycles. The molecule has 2 aliphatic rings. The van der Waals surface area contributed by atoms with Crippen LogP contribution in [0, 0.1) is 0 Å². The number of aliphatic hydroxyl groups is 1. The van der Waals surface area contributed by atoms with Crippen molar-refractivity contribution in [2.75, 3.05) is 24.6 Å². The van der Waals surface area contributed by atoms with Crippen molar-refractivity contribution in [3.63, 3.8) is 0 Å². The molecule has 8 heteroatoms. The Labute approximate surface area is 157 Å². The van der Waals surface area contributed by atoms with Gasteiger partial charge in [-0.25, -0.2) is 4.98 Å². The first-order valence-electron chi connectivity index (χ1n) is 9.20. The van der Waals surface area contributed by atoms with Gasteiger partial charge < -0.3 is 24.5 Å². The Bertz CT molecular complexity index is 774. The standard InChI is InChI=1S/C19H24N4O4/c1-18(22-16(24)14-2-10-26-13-14)5-11-27-19(17(18)25)3-8-23(9-4-19)15-12-20-6-7-21-15/h2,6-7,10,12-13,17,25H,3-5,8-9,11H2,1H3,(H,22,24)/t17-,18+/m1/s1. The van der Waals surface area contributed by atoms with Crippen LogP contribution in [0.25, 0.3) is 0 Å². The largest absolute Gasteiger partial charge is 0.472 e. The zero-order valence-corrected chi connectivity index (χ0v) is 15.3. The normalized spacial score (nSPS) is 27.5. The fourth-order valence-electron chi connectivity index (χ4n) is 4.11. The average molecular weight is 372 g/mol. The van der Waals surface area contributed by atoms with Crippen LogP contribution in [0.15, 0.2) is 41.6 Å². The summed E-state index contributed by atoms with van der Waals surface area (Å²) in [5.74, 6) is 0.577. The maximum atomic E-state index is 12.5. The number of nitrogens with one attached hydrogen (secondary N) is 1. The fraction of sp³-hybridized carbons (Fsp3) is 0.526. The van der Waals surface area contributed by atoms with Gasteiger partial charge in [0.15, 0.2) is 0 Å². The summed E-state index contributed by atoms with van der Waals surface area (Å²) in [6, 6.07) is 1.61. The average Bonchev–Trinajstić information content (AvgIpc) is 3.23. The van der Waals surface area contributed by atoms with E-state index in [4.69, 9.17) is 9.15 Å². The Morgan fingerprint density at radius 3 is 2.81 bits per heavy atom. The first-order valence-corrected chi connectivity index (χ1v) is 9.20. The SMILES string of the molecule is C[C@]1(NC(=O)c2ccoc2)CCOC2(CCN(c3cnccn3)CC2)[C@@H]1O. The molecule has 0 aromatic carbocycles. The summed E-state index contributed by atoms with van der Waals surface area (Å²) < 4.78 is 11.1. The lowest BCUT2D eigenvalue weighted by molar-refractivity contribution is -0.195. The molecule has 2 aromatic heterocycles. The van der Waals surface area contributed by atoms with E-state index in [0.29, 0.717) is 44.5 Å². The molecule has 1 spiro atoms. The Morgan fingerprint density at radius 2 is 2.15 bits per heavy atom. The minimum Gasteiger partial charge on any atom is -0.472 e. The molecule has 0 bridgehead atoms. The number of furan rings is 1. The number of nitrogens with zero attached hydrogens (tertiary/aromatic N) is 3. The van der Waals surface area contributed by atoms with Gasteiger partial charge in [0.25, 0.3) is 5.91 Å². The first-order chi connectivity index (χ1) is 13.0. The molecule has 0 aliphatic carbocycles. The van der Waals surface area contributed by atoms with E-state index in [9.17, 15) is 9.90 Å². The topological polar surface area (TPSA) is 101 Å². The van der Waals surface area contributed by atoms with Crippen LogP contribution in [0.5, 0.6) is 0 Å². The highest BCUT2D eigenvalue weighted by atomic mass is 16.5. The molecule has 2 N–H and O–H groups in total. The number of carbonyl (C=O) groups excluding carboxylic acids is 1. The second kappa shape index (κ2) is 6.94. The van der Waals surface area contributed by atoms with Crippen LogP contribution < -0.4 is 10.2 Å². The van der Waals surface area contributed by atoms with E-state index < -0.39 is 17.2 Å². The van der Waals surface area contributed by atoms with E-state index in [2.05, 4.69) is 20.2 Å². The van der Waals surface area contributed by atoms with Crippen molar-refractivity contribution in [1.82, 2.24) is 15.3 Å². The lowest BCUT2D eigenvalue weighted by Gasteiger charge is -2.53. The fourth-order valence-corrected chi connectivity index (χ4v) is 4.11. The summed E-state index contributed by atoms with van der Waals surface area (Å²) in [5, 5.41) is 14.2. The zero-order chi connectivity index (χ0) is 18.9. The molecule has 4 rings (SSSR count). The van der Waals surface area contributed by atoms with Crippen molar-refractivity contribution in [2.45, 2.75) is 43.4 Å². The highest BCUT2D eigenvalue weighted by molar-refractivity contribution is 5.94. The van der Waals surface area contributed by atoms with Gasteiger partial charge in [-0.3, -0.25) is 9.78 Å². The number of amides is 1. The quantitative estimate of drug-likeness (QED) is 0.839. The summed E-state index contributed by atoms with van der Waals surface area (Å²) in [6.07, 6.45) is 8.98. The van der Waals surface area contributed by atoms with Gasteiger partial charge in [-0.2, -0.15) is 0 Å². The molecule has 1 amide bonds. The number of rotatable bonds is 3. The molecule has 8 nitrogen and oxygen atoms in total. The number of carbonyl (C=O) groups is 1. The highest BCUT2D eigenvalue weighted by Gasteiger charge is 2.54. The van der Waals surface area contributed by atoms with Gasteiger partial charge in [0.1, 0.15) is 18.2 Å². The molecule has 2 saturated heterocycles. The molecular weight excluding hydrogens is 348 g/mol. The third kappa shape index (κ3) is 3.30. The smallest absolute Gasteiger partial charge is 0.255 e. The zero-order valence-electron chi connectivity index (χ0n) is 15.3. The van der Waals surface area contributed by atoms with Gasteiger partial charge in [0.2, 0.25) is 0 Å². The minimum atomic E-state index is -0.807. The Morgan fingerprint density at radius 1 is 1.33 bits per heavy atom. The number of ether oxygens (including phenoxy) is 1. The van der Waals surface area contributed by atoms with E-state index in [1.54, 1.807) is 24.7 Å². The summed E-state index contributed by atoms with van der Waals surface area (Å²) in [7, 11) is 0. The third-order valence-electron chi connectivity index (χ3n) is 5.78. The molecule has 0 unspecified atom stereocenters. The monoisotopic (exact) mass is 372 g/mol. The number of hydrogen-bond acceptors (Lipinski definition) is 7. The number of anilines is 1. The summed E-state index contributed by atoms with van der Waals surface area (Å²) in [6.45, 7) is 3.79. The van der Waals surface area contributed by atoms with Crippen LogP contribution in [0.3, 0.4) is 0 Å². The van der Waals surface area contributed by atoms with Crippen LogP contribution >= 0.6 is 0 Å². The van der Waals surface area contributed by atoms with Gasteiger partial charge in [-0.05, 0) is 32.3 Å². The Balaban J connectivity index is 1.47. The van der Waals surface area contributed by atoms with Crippen molar-refractivity contribution >= 4 is 11.7 Å². The second-order valence-electron chi connectivity index (χ2n) is 7.50. The molecule has 0 saturated carbocycles. The maximum absolute atomic E-state index is 12.5. The van der Waals surface area contributed by atoms with Crippen LogP contribution in [0.2, 0.25) is 0 Å². The number of hydrogen-bond donors (Lipinski definition) is 2. The third-order valence-corrected chi connectivity index (χ3v) is 5.78. The van der Waals surface area contributed by atoms with Gasteiger partial charge >= 0.3 is 0 Å². The molecule has 2 aromatic rings. The van der Waals surface area contributed by atoms with Crippen LogP contribution in [-0.2, 0) is 4.74 Å². The van der Waals surface area contributed by atoms with Crippen molar-refractivity contribution < 1.29 is 19.1 Å². The molecule has 0 radical (unpaired) electrons. The number of piperidine rings is 1. The van der Waals surface area contributed by atoms with Crippen LogP contribution in [0.4, 0.5) is 5.82 Å².